The standard InChI is InChI=1S/C28H32N6O/c1-18-14-19(2)32-28(35)22(18)5-6-26-24-15-21(16-25(29)23(24)8-9-30-26)20-4-7-27(31-17-20)34-12-10-33(3)11-13-34/h4,7-9,14-17H,5-6,10-13,29H2,1-3H3,(H,32,35). The smallest absolute Gasteiger partial charge is 0.251 e. The summed E-state index contributed by atoms with van der Waals surface area (Å²) in [6, 6.07) is 12.3. The lowest BCUT2D eigenvalue weighted by Gasteiger charge is -2.33. The second-order valence-electron chi connectivity index (χ2n) is 9.56. The van der Waals surface area contributed by atoms with Crippen LogP contribution < -0.4 is 16.2 Å². The topological polar surface area (TPSA) is 91.1 Å². The third-order valence-corrected chi connectivity index (χ3v) is 7.01. The van der Waals surface area contributed by atoms with Crippen LogP contribution in [0.3, 0.4) is 0 Å². The number of rotatable bonds is 5. The van der Waals surface area contributed by atoms with Crippen molar-refractivity contribution in [2.45, 2.75) is 26.7 Å². The summed E-state index contributed by atoms with van der Waals surface area (Å²) in [6.07, 6.45) is 5.01. The minimum absolute atomic E-state index is 0.0190. The Labute approximate surface area is 205 Å². The van der Waals surface area contributed by atoms with Crippen LogP contribution >= 0.6 is 0 Å². The predicted molar refractivity (Wildman–Crippen MR) is 143 cm³/mol. The summed E-state index contributed by atoms with van der Waals surface area (Å²) in [7, 11) is 2.15. The van der Waals surface area contributed by atoms with Gasteiger partial charge in [-0.3, -0.25) is 9.78 Å². The first kappa shape index (κ1) is 23.1. The molecular weight excluding hydrogens is 436 g/mol. The maximum Gasteiger partial charge on any atom is 0.251 e. The van der Waals surface area contributed by atoms with E-state index in [9.17, 15) is 4.79 Å². The summed E-state index contributed by atoms with van der Waals surface area (Å²) in [5, 5.41) is 2.00. The highest BCUT2D eigenvalue weighted by Crippen LogP contribution is 2.31. The Hall–Kier alpha value is -3.71. The van der Waals surface area contributed by atoms with Crippen molar-refractivity contribution in [3.8, 4) is 11.1 Å². The zero-order valence-electron chi connectivity index (χ0n) is 20.6. The molecule has 0 radical (unpaired) electrons. The maximum absolute atomic E-state index is 12.5. The fourth-order valence-corrected chi connectivity index (χ4v) is 4.95. The molecule has 0 aliphatic carbocycles. The third-order valence-electron chi connectivity index (χ3n) is 7.01. The average Bonchev–Trinajstić information content (AvgIpc) is 2.84. The number of benzene rings is 1. The molecule has 1 saturated heterocycles. The van der Waals surface area contributed by atoms with Crippen LogP contribution in [0, 0.1) is 13.8 Å². The van der Waals surface area contributed by atoms with E-state index in [1.54, 1.807) is 6.20 Å². The van der Waals surface area contributed by atoms with E-state index in [0.29, 0.717) is 18.5 Å². The van der Waals surface area contributed by atoms with E-state index < -0.39 is 0 Å². The Balaban J connectivity index is 1.44. The minimum atomic E-state index is -0.0190. The first-order valence-electron chi connectivity index (χ1n) is 12.2. The van der Waals surface area contributed by atoms with E-state index in [1.165, 1.54) is 0 Å². The number of nitrogens with two attached hydrogens (primary N) is 1. The number of pyridine rings is 3. The van der Waals surface area contributed by atoms with E-state index in [0.717, 1.165) is 76.4 Å². The molecule has 0 saturated carbocycles. The van der Waals surface area contributed by atoms with Gasteiger partial charge in [-0.2, -0.15) is 0 Å². The molecule has 1 fully saturated rings. The molecule has 1 aromatic carbocycles. The van der Waals surface area contributed by atoms with Crippen molar-refractivity contribution < 1.29 is 0 Å². The molecule has 0 amide bonds. The highest BCUT2D eigenvalue weighted by Gasteiger charge is 2.16. The SMILES string of the molecule is Cc1cc(C)c(CCc2nccc3c(N)cc(-c4ccc(N5CCN(C)CC5)nc4)cc23)c(=O)[nH]1. The van der Waals surface area contributed by atoms with Crippen LogP contribution in [0.15, 0.2) is 53.6 Å². The Morgan fingerprint density at radius 1 is 0.943 bits per heavy atom. The number of hydrogen-bond acceptors (Lipinski definition) is 6. The van der Waals surface area contributed by atoms with Gasteiger partial charge in [0.1, 0.15) is 5.82 Å². The number of nitrogens with one attached hydrogen (secondary N) is 1. The summed E-state index contributed by atoms with van der Waals surface area (Å²) < 4.78 is 0. The zero-order valence-corrected chi connectivity index (χ0v) is 20.6. The zero-order chi connectivity index (χ0) is 24.5. The van der Waals surface area contributed by atoms with Crippen molar-refractivity contribution in [1.82, 2.24) is 19.9 Å². The van der Waals surface area contributed by atoms with E-state index in [2.05, 4.69) is 45.0 Å². The van der Waals surface area contributed by atoms with Crippen LogP contribution in [0.2, 0.25) is 0 Å². The highest BCUT2D eigenvalue weighted by molar-refractivity contribution is 5.98. The van der Waals surface area contributed by atoms with Crippen molar-refractivity contribution >= 4 is 22.3 Å². The van der Waals surface area contributed by atoms with Gasteiger partial charge in [0.05, 0.1) is 0 Å². The van der Waals surface area contributed by atoms with E-state index in [-0.39, 0.29) is 5.56 Å². The number of aromatic nitrogens is 3. The number of nitrogen functional groups attached to an aromatic ring is 1. The van der Waals surface area contributed by atoms with Gasteiger partial charge in [-0.1, -0.05) is 0 Å². The second kappa shape index (κ2) is 9.50. The lowest BCUT2D eigenvalue weighted by molar-refractivity contribution is 0.312. The number of aryl methyl sites for hydroxylation is 3. The van der Waals surface area contributed by atoms with Crippen LogP contribution in [0.4, 0.5) is 11.5 Å². The number of fused-ring (bicyclic) bond motifs is 1. The lowest BCUT2D eigenvalue weighted by atomic mass is 9.97. The lowest BCUT2D eigenvalue weighted by Crippen LogP contribution is -2.44. The monoisotopic (exact) mass is 468 g/mol. The van der Waals surface area contributed by atoms with Gasteiger partial charge in [-0.05, 0) is 81.3 Å². The molecule has 1 aliphatic heterocycles. The first-order chi connectivity index (χ1) is 16.9. The van der Waals surface area contributed by atoms with Crippen molar-refractivity contribution in [2.24, 2.45) is 0 Å². The van der Waals surface area contributed by atoms with Gasteiger partial charge < -0.3 is 20.5 Å². The van der Waals surface area contributed by atoms with Crippen molar-refractivity contribution in [2.75, 3.05) is 43.9 Å². The molecule has 3 N–H and O–H groups in total. The molecular formula is C28H32N6O. The fraction of sp³-hybridized carbons (Fsp3) is 0.321. The summed E-state index contributed by atoms with van der Waals surface area (Å²) >= 11 is 0. The molecule has 0 unspecified atom stereocenters. The molecule has 0 atom stereocenters. The molecule has 180 valence electrons. The Kier molecular flexibility index (Phi) is 6.26. The van der Waals surface area contributed by atoms with E-state index in [1.807, 2.05) is 38.2 Å². The number of piperazine rings is 1. The maximum atomic E-state index is 12.5. The molecule has 1 aliphatic rings. The number of nitrogens with zero attached hydrogens (tertiary/aromatic N) is 4. The molecule has 0 spiro atoms. The van der Waals surface area contributed by atoms with Crippen molar-refractivity contribution in [1.29, 1.82) is 0 Å². The van der Waals surface area contributed by atoms with E-state index in [4.69, 9.17) is 10.7 Å². The molecule has 0 bridgehead atoms. The summed E-state index contributed by atoms with van der Waals surface area (Å²) in [5.74, 6) is 1.01. The number of likely N-dealkylation sites (N-methyl/N-ethyl adjacent to an activating group) is 1. The Morgan fingerprint density at radius 2 is 1.74 bits per heavy atom. The average molecular weight is 469 g/mol. The van der Waals surface area contributed by atoms with Crippen LogP contribution in [-0.2, 0) is 12.8 Å². The Morgan fingerprint density at radius 3 is 2.46 bits per heavy atom. The molecule has 3 aromatic heterocycles. The molecule has 5 rings (SSSR count). The van der Waals surface area contributed by atoms with Gasteiger partial charge in [-0.15, -0.1) is 0 Å². The van der Waals surface area contributed by atoms with Crippen molar-refractivity contribution in [3.05, 3.63) is 81.7 Å². The quantitative estimate of drug-likeness (QED) is 0.434. The van der Waals surface area contributed by atoms with Gasteiger partial charge in [0.25, 0.3) is 5.56 Å². The normalized spacial score (nSPS) is 14.5. The van der Waals surface area contributed by atoms with Gasteiger partial charge >= 0.3 is 0 Å². The van der Waals surface area contributed by atoms with E-state index >= 15 is 0 Å². The predicted octanol–water partition coefficient (Wildman–Crippen LogP) is 3.72. The second-order valence-corrected chi connectivity index (χ2v) is 9.56. The number of H-pyrrole nitrogens is 1. The van der Waals surface area contributed by atoms with Gasteiger partial charge in [0.15, 0.2) is 0 Å². The number of anilines is 2. The highest BCUT2D eigenvalue weighted by atomic mass is 16.1. The molecule has 7 nitrogen and oxygen atoms in total. The minimum Gasteiger partial charge on any atom is -0.398 e. The third kappa shape index (κ3) is 4.77. The van der Waals surface area contributed by atoms with Crippen LogP contribution in [0.1, 0.15) is 22.5 Å². The van der Waals surface area contributed by atoms with Gasteiger partial charge in [0, 0.05) is 77.5 Å². The van der Waals surface area contributed by atoms with Gasteiger partial charge in [0.2, 0.25) is 0 Å². The number of aromatic amines is 1. The van der Waals surface area contributed by atoms with Gasteiger partial charge in [-0.25, -0.2) is 4.98 Å². The summed E-state index contributed by atoms with van der Waals surface area (Å²) in [6.45, 7) is 7.97. The molecule has 4 heterocycles. The molecule has 4 aromatic rings. The van der Waals surface area contributed by atoms with Crippen LogP contribution in [0.25, 0.3) is 21.9 Å². The van der Waals surface area contributed by atoms with Crippen molar-refractivity contribution in [3.63, 3.8) is 0 Å². The Bertz CT molecular complexity index is 1420. The van der Waals surface area contributed by atoms with Crippen LogP contribution in [0.5, 0.6) is 0 Å². The molecule has 7 heteroatoms. The van der Waals surface area contributed by atoms with Crippen LogP contribution in [-0.4, -0.2) is 53.1 Å². The number of hydrogen-bond donors (Lipinski definition) is 2. The summed E-state index contributed by atoms with van der Waals surface area (Å²) in [4.78, 5) is 29.5. The largest absolute Gasteiger partial charge is 0.398 e. The summed E-state index contributed by atoms with van der Waals surface area (Å²) in [5.41, 5.74) is 12.9. The molecule has 35 heavy (non-hydrogen) atoms. The first-order valence-corrected chi connectivity index (χ1v) is 12.2. The fourth-order valence-electron chi connectivity index (χ4n) is 4.95.